The Kier molecular flexibility index (Phi) is 9.76. The van der Waals surface area contributed by atoms with E-state index in [1.54, 1.807) is 0 Å². The van der Waals surface area contributed by atoms with E-state index in [0.717, 1.165) is 36.1 Å². The highest BCUT2D eigenvalue weighted by molar-refractivity contribution is 5.72. The lowest BCUT2D eigenvalue weighted by atomic mass is 9.89. The van der Waals surface area contributed by atoms with Crippen LogP contribution in [0, 0.1) is 11.8 Å². The van der Waals surface area contributed by atoms with Crippen molar-refractivity contribution in [2.45, 2.75) is 44.6 Å². The Morgan fingerprint density at radius 3 is 2.24 bits per heavy atom. The minimum Gasteiger partial charge on any atom is -0.494 e. The van der Waals surface area contributed by atoms with E-state index in [1.807, 2.05) is 36.4 Å². The number of carbonyl (C=O) groups is 1. The van der Waals surface area contributed by atoms with Gasteiger partial charge in [-0.05, 0) is 53.8 Å². The highest BCUT2D eigenvalue weighted by Crippen LogP contribution is 2.29. The number of rotatable bonds is 11. The molecule has 0 spiro atoms. The van der Waals surface area contributed by atoms with Gasteiger partial charge in [-0.25, -0.2) is 4.79 Å². The van der Waals surface area contributed by atoms with Gasteiger partial charge in [0.15, 0.2) is 6.10 Å². The summed E-state index contributed by atoms with van der Waals surface area (Å²) in [6.07, 6.45) is 2.16. The van der Waals surface area contributed by atoms with Crippen LogP contribution < -0.4 is 4.74 Å². The predicted molar refractivity (Wildman–Crippen MR) is 135 cm³/mol. The van der Waals surface area contributed by atoms with Crippen LogP contribution in [0.3, 0.4) is 0 Å². The molecule has 0 amide bonds. The number of carboxylic acids is 1. The largest absolute Gasteiger partial charge is 0.494 e. The zero-order valence-corrected chi connectivity index (χ0v) is 19.9. The molecule has 0 saturated heterocycles. The van der Waals surface area contributed by atoms with Crippen molar-refractivity contribution < 1.29 is 19.4 Å². The Hall–Kier alpha value is -3.55. The molecule has 0 aliphatic heterocycles. The first-order valence-electron chi connectivity index (χ1n) is 11.7. The highest BCUT2D eigenvalue weighted by atomic mass is 16.5. The number of hydrogen-bond donors (Lipinski definition) is 1. The number of carboxylic acid groups (broad SMARTS) is 1. The Morgan fingerprint density at radius 2 is 1.62 bits per heavy atom. The number of aliphatic carboxylic acids is 1. The van der Waals surface area contributed by atoms with Gasteiger partial charge in [-0.2, -0.15) is 0 Å². The minimum absolute atomic E-state index is 0.337. The van der Waals surface area contributed by atoms with Gasteiger partial charge in [0.25, 0.3) is 0 Å². The zero-order chi connectivity index (χ0) is 24.2. The van der Waals surface area contributed by atoms with Gasteiger partial charge in [0.2, 0.25) is 0 Å². The average molecular weight is 457 g/mol. The molecular formula is C30H32O4. The summed E-state index contributed by atoms with van der Waals surface area (Å²) in [4.78, 5) is 11.1. The fourth-order valence-corrected chi connectivity index (χ4v) is 3.87. The summed E-state index contributed by atoms with van der Waals surface area (Å²) in [7, 11) is 1.41. The lowest BCUT2D eigenvalue weighted by Gasteiger charge is -2.16. The monoisotopic (exact) mass is 456 g/mol. The fraction of sp³-hybridized carbons (Fsp3) is 0.300. The molecule has 0 saturated carbocycles. The first-order valence-corrected chi connectivity index (χ1v) is 11.7. The molecule has 1 N–H and O–H groups in total. The Bertz CT molecular complexity index is 1080. The normalized spacial score (nSPS) is 12.3. The maximum Gasteiger partial charge on any atom is 0.333 e. The first kappa shape index (κ1) is 25.1. The predicted octanol–water partition coefficient (Wildman–Crippen LogP) is 6.08. The van der Waals surface area contributed by atoms with Crippen LogP contribution in [0.25, 0.3) is 0 Å². The molecule has 0 bridgehead atoms. The molecule has 34 heavy (non-hydrogen) atoms. The molecule has 0 heterocycles. The van der Waals surface area contributed by atoms with E-state index in [4.69, 9.17) is 14.6 Å². The Morgan fingerprint density at radius 1 is 0.941 bits per heavy atom. The van der Waals surface area contributed by atoms with Gasteiger partial charge in [0.1, 0.15) is 5.75 Å². The maximum absolute atomic E-state index is 11.1. The molecule has 0 radical (unpaired) electrons. The van der Waals surface area contributed by atoms with Crippen LogP contribution in [-0.2, 0) is 16.0 Å². The van der Waals surface area contributed by atoms with Gasteiger partial charge in [-0.1, -0.05) is 73.4 Å². The Labute approximate surface area is 202 Å². The van der Waals surface area contributed by atoms with Gasteiger partial charge in [-0.3, -0.25) is 0 Å². The van der Waals surface area contributed by atoms with E-state index in [0.29, 0.717) is 18.9 Å². The molecule has 1 unspecified atom stereocenters. The maximum atomic E-state index is 11.1. The van der Waals surface area contributed by atoms with Gasteiger partial charge in [0, 0.05) is 31.4 Å². The molecule has 4 heteroatoms. The summed E-state index contributed by atoms with van der Waals surface area (Å²) in [5.41, 5.74) is 4.46. The topological polar surface area (TPSA) is 55.8 Å². The van der Waals surface area contributed by atoms with Crippen molar-refractivity contribution in [3.63, 3.8) is 0 Å². The average Bonchev–Trinajstić information content (AvgIpc) is 2.87. The summed E-state index contributed by atoms with van der Waals surface area (Å²) in [6.45, 7) is 2.84. The zero-order valence-electron chi connectivity index (χ0n) is 19.9. The first-order chi connectivity index (χ1) is 16.6. The van der Waals surface area contributed by atoms with Crippen LogP contribution in [0.5, 0.6) is 5.75 Å². The smallest absolute Gasteiger partial charge is 0.333 e. The van der Waals surface area contributed by atoms with E-state index in [-0.39, 0.29) is 0 Å². The van der Waals surface area contributed by atoms with Crippen molar-refractivity contribution in [2.75, 3.05) is 13.7 Å². The van der Waals surface area contributed by atoms with E-state index in [1.165, 1.54) is 18.2 Å². The third-order valence-electron chi connectivity index (χ3n) is 5.78. The molecule has 0 fully saturated rings. The van der Waals surface area contributed by atoms with Crippen molar-refractivity contribution in [1.29, 1.82) is 0 Å². The lowest BCUT2D eigenvalue weighted by Crippen LogP contribution is -2.24. The molecule has 2 atom stereocenters. The second kappa shape index (κ2) is 13.2. The second-order valence-electron chi connectivity index (χ2n) is 8.16. The van der Waals surface area contributed by atoms with Crippen molar-refractivity contribution in [1.82, 2.24) is 0 Å². The third-order valence-corrected chi connectivity index (χ3v) is 5.78. The molecular weight excluding hydrogens is 424 g/mol. The molecule has 176 valence electrons. The van der Waals surface area contributed by atoms with Gasteiger partial charge in [-0.15, -0.1) is 0 Å². The van der Waals surface area contributed by atoms with E-state index in [2.05, 4.69) is 61.2 Å². The molecule has 4 nitrogen and oxygen atoms in total. The number of ether oxygens (including phenoxy) is 2. The van der Waals surface area contributed by atoms with Crippen LogP contribution in [0.4, 0.5) is 0 Å². The van der Waals surface area contributed by atoms with Crippen molar-refractivity contribution in [2.24, 2.45) is 0 Å². The minimum atomic E-state index is -0.957. The number of unbranched alkanes of at least 4 members (excludes halogenated alkanes) is 1. The second-order valence-corrected chi connectivity index (χ2v) is 8.16. The van der Waals surface area contributed by atoms with Gasteiger partial charge >= 0.3 is 5.97 Å². The highest BCUT2D eigenvalue weighted by Gasteiger charge is 2.16. The van der Waals surface area contributed by atoms with E-state index >= 15 is 0 Å². The molecule has 3 rings (SSSR count). The quantitative estimate of drug-likeness (QED) is 0.281. The van der Waals surface area contributed by atoms with E-state index in [9.17, 15) is 4.79 Å². The van der Waals surface area contributed by atoms with Gasteiger partial charge < -0.3 is 14.6 Å². The Balaban J connectivity index is 1.42. The summed E-state index contributed by atoms with van der Waals surface area (Å²) in [5.74, 6) is 6.65. The molecule has 0 aromatic heterocycles. The van der Waals surface area contributed by atoms with Crippen LogP contribution >= 0.6 is 0 Å². The summed E-state index contributed by atoms with van der Waals surface area (Å²) in [5, 5.41) is 9.08. The van der Waals surface area contributed by atoms with Crippen molar-refractivity contribution in [3.05, 3.63) is 101 Å². The number of methoxy groups -OCH3 is 1. The lowest BCUT2D eigenvalue weighted by molar-refractivity contribution is -0.148. The standard InChI is InChI=1S/C30H32O4/c1-3-28(25-11-7-4-8-12-25)26-17-19-27(20-18-26)34-21-9-5-6-10-23-13-15-24(16-14-23)22-29(33-2)30(31)32/h4,7-8,11-20,28-29H,3,5,9,21-22H2,1-2H3,(H,31,32)/t28?,29-/m0/s1. The van der Waals surface area contributed by atoms with Crippen LogP contribution in [0.1, 0.15) is 54.4 Å². The van der Waals surface area contributed by atoms with Crippen molar-refractivity contribution >= 4 is 5.97 Å². The van der Waals surface area contributed by atoms with Gasteiger partial charge in [0.05, 0.1) is 6.61 Å². The third kappa shape index (κ3) is 7.50. The number of benzene rings is 3. The molecule has 0 aliphatic carbocycles. The summed E-state index contributed by atoms with van der Waals surface area (Å²) in [6, 6.07) is 26.6. The fourth-order valence-electron chi connectivity index (χ4n) is 3.87. The molecule has 3 aromatic rings. The van der Waals surface area contributed by atoms with Crippen LogP contribution in [-0.4, -0.2) is 30.9 Å². The van der Waals surface area contributed by atoms with Crippen LogP contribution in [0.15, 0.2) is 78.9 Å². The van der Waals surface area contributed by atoms with E-state index < -0.39 is 12.1 Å². The SMILES string of the molecule is CCC(c1ccccc1)c1ccc(OCCCC#Cc2ccc(C[C@H](OC)C(=O)O)cc2)cc1. The summed E-state index contributed by atoms with van der Waals surface area (Å²) < 4.78 is 10.9. The molecule has 3 aromatic carbocycles. The van der Waals surface area contributed by atoms with Crippen molar-refractivity contribution in [3.8, 4) is 17.6 Å². The molecule has 0 aliphatic rings. The summed E-state index contributed by atoms with van der Waals surface area (Å²) >= 11 is 0. The van der Waals surface area contributed by atoms with Crippen LogP contribution in [0.2, 0.25) is 0 Å². The number of hydrogen-bond acceptors (Lipinski definition) is 3.